The van der Waals surface area contributed by atoms with E-state index < -0.39 is 78.4 Å². The Hall–Kier alpha value is -4.28. The first-order valence-electron chi connectivity index (χ1n) is 20.7. The Balaban J connectivity index is 1.46. The maximum Gasteiger partial charge on any atom is 0.259 e. The first-order chi connectivity index (χ1) is 29.2. The maximum absolute atomic E-state index is 16.4. The topological polar surface area (TPSA) is 192 Å². The molecule has 5 N–H and O–H groups in total. The van der Waals surface area contributed by atoms with Gasteiger partial charge >= 0.3 is 0 Å². The van der Waals surface area contributed by atoms with Crippen molar-refractivity contribution in [1.29, 1.82) is 5.26 Å². The highest BCUT2D eigenvalue weighted by Crippen LogP contribution is 2.46. The summed E-state index contributed by atoms with van der Waals surface area (Å²) in [4.78, 5) is 29.3. The highest BCUT2D eigenvalue weighted by molar-refractivity contribution is 7.93. The van der Waals surface area contributed by atoms with E-state index in [2.05, 4.69) is 8.73 Å². The van der Waals surface area contributed by atoms with Gasteiger partial charge in [-0.1, -0.05) is 39.8 Å². The molecule has 340 valence electrons. The van der Waals surface area contributed by atoms with E-state index in [-0.39, 0.29) is 33.1 Å². The average Bonchev–Trinajstić information content (AvgIpc) is 3.91. The van der Waals surface area contributed by atoms with Gasteiger partial charge in [-0.2, -0.15) is 5.26 Å². The third-order valence-corrected chi connectivity index (χ3v) is 15.8. The van der Waals surface area contributed by atoms with Gasteiger partial charge in [-0.15, -0.1) is 20.1 Å². The lowest BCUT2D eigenvalue weighted by molar-refractivity contribution is -0.117. The van der Waals surface area contributed by atoms with E-state index in [0.717, 1.165) is 24.2 Å². The Labute approximate surface area is 373 Å². The normalized spacial score (nSPS) is 16.0. The van der Waals surface area contributed by atoms with E-state index >= 15 is 13.2 Å². The molecule has 0 radical (unpaired) electrons. The van der Waals surface area contributed by atoms with Crippen LogP contribution in [-0.2, 0) is 54.4 Å². The molecule has 1 aliphatic carbocycles. The number of benzene rings is 3. The first kappa shape index (κ1) is 49.7. The number of nitriles is 1. The molecule has 1 heterocycles. The fraction of sp³-hybridized carbons (Fsp3) is 0.457. The van der Waals surface area contributed by atoms with E-state index in [0.29, 0.717) is 63.2 Å². The summed E-state index contributed by atoms with van der Waals surface area (Å²) in [6.45, 7) is 12.5. The largest absolute Gasteiger partial charge is 0.386 e. The number of nitrogens with zero attached hydrogens (tertiary/aromatic N) is 4. The zero-order valence-corrected chi connectivity index (χ0v) is 39.6. The lowest BCUT2D eigenvalue weighted by Crippen LogP contribution is -2.19. The molecule has 1 aromatic heterocycles. The van der Waals surface area contributed by atoms with Gasteiger partial charge in [0.15, 0.2) is 9.92 Å². The van der Waals surface area contributed by atoms with E-state index in [1.165, 1.54) is 30.3 Å². The molecule has 4 aromatic rings. The minimum Gasteiger partial charge on any atom is -0.386 e. The Morgan fingerprint density at radius 1 is 0.905 bits per heavy atom. The molecule has 5 rings (SSSR count). The van der Waals surface area contributed by atoms with Crippen LogP contribution in [-0.4, -0.2) is 44.3 Å². The molecule has 63 heavy (non-hydrogen) atoms. The maximum atomic E-state index is 16.4. The van der Waals surface area contributed by atoms with Crippen molar-refractivity contribution in [3.63, 3.8) is 0 Å². The number of hydrogen-bond acceptors (Lipinski definition) is 8. The number of carbonyl (C=O) groups excluding carboxylic acids is 2. The Bertz CT molecular complexity index is 2730. The number of aryl methyl sites for hydroxylation is 1. The van der Waals surface area contributed by atoms with Crippen LogP contribution in [0.1, 0.15) is 146 Å². The molecule has 4 unspecified atom stereocenters. The number of hydrogen-bond donors (Lipinski definition) is 3. The third kappa shape index (κ3) is 11.7. The lowest BCUT2D eigenvalue weighted by atomic mass is 9.80. The Morgan fingerprint density at radius 2 is 1.51 bits per heavy atom. The summed E-state index contributed by atoms with van der Waals surface area (Å²) in [5.41, 5.74) is 2.06. The number of amides is 2. The number of thiophene rings is 1. The van der Waals surface area contributed by atoms with E-state index in [9.17, 15) is 28.4 Å². The monoisotopic (exact) mass is 926 g/mol. The summed E-state index contributed by atoms with van der Waals surface area (Å²) < 4.78 is 82.2. The molecule has 11 nitrogen and oxygen atoms in total. The fourth-order valence-electron chi connectivity index (χ4n) is 8.24. The van der Waals surface area contributed by atoms with Gasteiger partial charge < -0.3 is 10.0 Å². The van der Waals surface area contributed by atoms with Crippen LogP contribution in [0.2, 0.25) is 0 Å². The van der Waals surface area contributed by atoms with E-state index in [4.69, 9.17) is 10.3 Å². The van der Waals surface area contributed by atoms with Crippen molar-refractivity contribution in [3.8, 4) is 6.07 Å². The lowest BCUT2D eigenvalue weighted by Gasteiger charge is -2.24. The van der Waals surface area contributed by atoms with Crippen LogP contribution in [0.15, 0.2) is 60.3 Å². The molecule has 0 saturated heterocycles. The second-order valence-corrected chi connectivity index (χ2v) is 22.8. The van der Waals surface area contributed by atoms with E-state index in [1.54, 1.807) is 53.7 Å². The van der Waals surface area contributed by atoms with Crippen molar-refractivity contribution in [2.75, 3.05) is 14.1 Å². The molecular weight excluding hydrogens is 870 g/mol. The first-order valence-corrected chi connectivity index (χ1v) is 24.7. The van der Waals surface area contributed by atoms with Crippen molar-refractivity contribution in [1.82, 2.24) is 4.90 Å². The van der Waals surface area contributed by atoms with Crippen molar-refractivity contribution in [2.45, 2.75) is 132 Å². The second-order valence-electron chi connectivity index (χ2n) is 17.7. The van der Waals surface area contributed by atoms with Gasteiger partial charge in [0, 0.05) is 11.4 Å². The molecule has 3 aromatic carbocycles. The molecule has 1 saturated carbocycles. The Kier molecular flexibility index (Phi) is 15.4. The summed E-state index contributed by atoms with van der Waals surface area (Å²) in [6.07, 6.45) is 1.32. The van der Waals surface area contributed by atoms with Gasteiger partial charge in [0.05, 0.1) is 28.9 Å². The van der Waals surface area contributed by atoms with Crippen LogP contribution in [0.3, 0.4) is 0 Å². The third-order valence-electron chi connectivity index (χ3n) is 11.3. The summed E-state index contributed by atoms with van der Waals surface area (Å²) in [6, 6.07) is 11.8. The highest BCUT2D eigenvalue weighted by Gasteiger charge is 2.33. The number of halogens is 3. The number of aliphatic hydroxyl groups is 1. The second kappa shape index (κ2) is 19.4. The zero-order valence-electron chi connectivity index (χ0n) is 37.2. The van der Waals surface area contributed by atoms with Crippen molar-refractivity contribution < 1.29 is 36.3 Å². The molecule has 1 fully saturated rings. The van der Waals surface area contributed by atoms with Gasteiger partial charge in [-0.05, 0) is 159 Å². The van der Waals surface area contributed by atoms with Crippen LogP contribution < -0.4 is 10.3 Å². The SMILES string of the molecule is Cc1sc(S(N)(=O)=NC(=O)Cc2c(C(C)CCC(C)c3c(F)c(C#N)cc(C4CC4)c3CC(=O)N=S(N)(=O)c3ccc(CN(C)C)cc3F)ccc(F)c2C(C)C)cc1C(C)(C)O. The summed E-state index contributed by atoms with van der Waals surface area (Å²) in [7, 11) is -4.14. The smallest absolute Gasteiger partial charge is 0.259 e. The minimum atomic E-state index is -4.04. The van der Waals surface area contributed by atoms with Crippen LogP contribution in [0, 0.1) is 35.7 Å². The average molecular weight is 927 g/mol. The summed E-state index contributed by atoms with van der Waals surface area (Å²) in [5.74, 6) is -5.26. The molecule has 2 amide bonds. The van der Waals surface area contributed by atoms with Crippen LogP contribution in [0.25, 0.3) is 0 Å². The van der Waals surface area contributed by atoms with Gasteiger partial charge in [-0.25, -0.2) is 31.9 Å². The molecule has 0 bridgehead atoms. The van der Waals surface area contributed by atoms with Gasteiger partial charge in [0.1, 0.15) is 37.6 Å². The molecule has 0 aliphatic heterocycles. The van der Waals surface area contributed by atoms with Crippen molar-refractivity contribution in [3.05, 3.63) is 115 Å². The minimum absolute atomic E-state index is 0.0379. The predicted octanol–water partition coefficient (Wildman–Crippen LogP) is 9.26. The summed E-state index contributed by atoms with van der Waals surface area (Å²) in [5, 5.41) is 32.7. The summed E-state index contributed by atoms with van der Waals surface area (Å²) >= 11 is 1.07. The highest BCUT2D eigenvalue weighted by atomic mass is 32.2. The fourth-order valence-corrected chi connectivity index (χ4v) is 11.9. The van der Waals surface area contributed by atoms with Crippen LogP contribution >= 0.6 is 11.3 Å². The zero-order chi connectivity index (χ0) is 46.9. The van der Waals surface area contributed by atoms with Gasteiger partial charge in [0.25, 0.3) is 11.8 Å². The molecule has 0 spiro atoms. The number of carbonyl (C=O) groups is 2. The quantitative estimate of drug-likeness (QED) is 0.0997. The molecule has 17 heteroatoms. The van der Waals surface area contributed by atoms with Gasteiger partial charge in [-0.3, -0.25) is 9.59 Å². The van der Waals surface area contributed by atoms with E-state index in [1.807, 2.05) is 32.0 Å². The molecule has 4 atom stereocenters. The Morgan fingerprint density at radius 3 is 2.05 bits per heavy atom. The standard InChI is InChI=1S/C46H57F3N6O5S3/c1-25(2)43-34(20-41(57)54-63(52,60)42-22-36(28(5)61-42)46(6,7)58)32(15-16-37(43)47)26(3)10-11-27(4)44-35(33(30-13-14-30)19-31(23-50)45(44)49)21-40(56)53-62(51,59)39-17-12-29(18-38(39)48)24-55(8)9/h12,15-19,22,25-27,30,58H,10-11,13-14,20-21,24H2,1-9H3,(H2,51,53,56,59)(H2,52,54,57,60). The van der Waals surface area contributed by atoms with Crippen LogP contribution in [0.4, 0.5) is 13.2 Å². The van der Waals surface area contributed by atoms with Gasteiger partial charge in [0.2, 0.25) is 0 Å². The van der Waals surface area contributed by atoms with Crippen molar-refractivity contribution in [2.24, 2.45) is 19.0 Å². The molecular formula is C46H57F3N6O5S3. The number of nitrogens with two attached hydrogens (primary N) is 2. The van der Waals surface area contributed by atoms with Crippen molar-refractivity contribution >= 4 is 43.0 Å². The predicted molar refractivity (Wildman–Crippen MR) is 241 cm³/mol. The van der Waals surface area contributed by atoms with Crippen LogP contribution in [0.5, 0.6) is 0 Å². The number of rotatable bonds is 16. The molecule has 1 aliphatic rings.